The molecule has 0 spiro atoms. The molecule has 0 bridgehead atoms. The average Bonchev–Trinajstić information content (AvgIpc) is 2.07. The molecule has 1 rings (SSSR count). The van der Waals surface area contributed by atoms with Crippen LogP contribution < -0.4 is 4.74 Å². The smallest absolute Gasteiger partial charge is 0.123 e. The van der Waals surface area contributed by atoms with E-state index in [0.717, 1.165) is 24.0 Å². The molecule has 0 saturated carbocycles. The third-order valence-corrected chi connectivity index (χ3v) is 3.95. The first-order chi connectivity index (χ1) is 6.88. The van der Waals surface area contributed by atoms with Crippen molar-refractivity contribution in [2.75, 3.05) is 6.61 Å². The van der Waals surface area contributed by atoms with Crippen molar-refractivity contribution in [1.29, 1.82) is 0 Å². The standard InChI is InChI=1S/C12H19FOSi/c1-10-9-11(13)5-6-12(10)14-7-8-15(2,3)4/h5-6,9H,7-8H2,1-4H3. The highest BCUT2D eigenvalue weighted by molar-refractivity contribution is 6.76. The summed E-state index contributed by atoms with van der Waals surface area (Å²) in [5.41, 5.74) is 0.866. The van der Waals surface area contributed by atoms with Crippen molar-refractivity contribution < 1.29 is 9.13 Å². The van der Waals surface area contributed by atoms with Crippen LogP contribution in [0.5, 0.6) is 5.75 Å². The van der Waals surface area contributed by atoms with Crippen LogP contribution >= 0.6 is 0 Å². The minimum absolute atomic E-state index is 0.204. The third-order valence-electron chi connectivity index (χ3n) is 2.25. The van der Waals surface area contributed by atoms with Gasteiger partial charge in [0.15, 0.2) is 0 Å². The van der Waals surface area contributed by atoms with E-state index in [4.69, 9.17) is 4.74 Å². The maximum Gasteiger partial charge on any atom is 0.123 e. The molecule has 0 radical (unpaired) electrons. The Balaban J connectivity index is 2.51. The molecule has 1 nitrogen and oxygen atoms in total. The van der Waals surface area contributed by atoms with E-state index in [0.29, 0.717) is 0 Å². The Hall–Kier alpha value is -0.833. The summed E-state index contributed by atoms with van der Waals surface area (Å²) < 4.78 is 18.4. The number of hydrogen-bond acceptors (Lipinski definition) is 1. The summed E-state index contributed by atoms with van der Waals surface area (Å²) in [5, 5.41) is 0. The molecule has 0 aromatic heterocycles. The molecule has 0 atom stereocenters. The highest BCUT2D eigenvalue weighted by atomic mass is 28.3. The number of halogens is 1. The van der Waals surface area contributed by atoms with Crippen LogP contribution in [0.3, 0.4) is 0 Å². The monoisotopic (exact) mass is 226 g/mol. The minimum atomic E-state index is -1.04. The Morgan fingerprint density at radius 1 is 1.27 bits per heavy atom. The zero-order chi connectivity index (χ0) is 11.5. The van der Waals surface area contributed by atoms with Gasteiger partial charge in [-0.3, -0.25) is 0 Å². The van der Waals surface area contributed by atoms with Gasteiger partial charge in [-0.25, -0.2) is 4.39 Å². The molecule has 84 valence electrons. The van der Waals surface area contributed by atoms with E-state index < -0.39 is 8.07 Å². The predicted octanol–water partition coefficient (Wildman–Crippen LogP) is 3.85. The number of aryl methyl sites for hydroxylation is 1. The van der Waals surface area contributed by atoms with Gasteiger partial charge in [0.2, 0.25) is 0 Å². The van der Waals surface area contributed by atoms with Crippen molar-refractivity contribution in [2.24, 2.45) is 0 Å². The molecule has 0 amide bonds. The zero-order valence-electron chi connectivity index (χ0n) is 9.93. The summed E-state index contributed by atoms with van der Waals surface area (Å²) >= 11 is 0. The average molecular weight is 226 g/mol. The lowest BCUT2D eigenvalue weighted by Gasteiger charge is -2.16. The van der Waals surface area contributed by atoms with E-state index in [1.807, 2.05) is 6.92 Å². The summed E-state index contributed by atoms with van der Waals surface area (Å²) in [7, 11) is -1.04. The molecule has 0 aliphatic carbocycles. The Bertz CT molecular complexity index is 331. The van der Waals surface area contributed by atoms with Crippen molar-refractivity contribution >= 4 is 8.07 Å². The second-order valence-corrected chi connectivity index (χ2v) is 10.7. The molecule has 0 unspecified atom stereocenters. The summed E-state index contributed by atoms with van der Waals surface area (Å²) in [6.45, 7) is 9.55. The number of rotatable bonds is 4. The van der Waals surface area contributed by atoms with Gasteiger partial charge in [0, 0.05) is 8.07 Å². The molecular formula is C12H19FOSi. The minimum Gasteiger partial charge on any atom is -0.494 e. The predicted molar refractivity (Wildman–Crippen MR) is 64.8 cm³/mol. The van der Waals surface area contributed by atoms with Gasteiger partial charge in [-0.05, 0) is 36.7 Å². The van der Waals surface area contributed by atoms with E-state index in [1.165, 1.54) is 12.1 Å². The SMILES string of the molecule is Cc1cc(F)ccc1OCC[Si](C)(C)C. The summed E-state index contributed by atoms with van der Waals surface area (Å²) in [4.78, 5) is 0. The van der Waals surface area contributed by atoms with E-state index in [9.17, 15) is 4.39 Å². The molecule has 1 aromatic rings. The maximum absolute atomic E-state index is 12.8. The highest BCUT2D eigenvalue weighted by Crippen LogP contribution is 2.19. The van der Waals surface area contributed by atoms with Gasteiger partial charge in [0.1, 0.15) is 11.6 Å². The van der Waals surface area contributed by atoms with Crippen molar-refractivity contribution in [3.05, 3.63) is 29.6 Å². The molecule has 0 N–H and O–H groups in total. The first-order valence-corrected chi connectivity index (χ1v) is 8.98. The molecule has 3 heteroatoms. The second-order valence-electron chi connectivity index (χ2n) is 5.07. The molecule has 15 heavy (non-hydrogen) atoms. The van der Waals surface area contributed by atoms with Crippen LogP contribution in [-0.4, -0.2) is 14.7 Å². The normalized spacial score (nSPS) is 11.5. The van der Waals surface area contributed by atoms with Gasteiger partial charge < -0.3 is 4.74 Å². The van der Waals surface area contributed by atoms with Gasteiger partial charge in [-0.1, -0.05) is 19.6 Å². The molecule has 0 fully saturated rings. The zero-order valence-corrected chi connectivity index (χ0v) is 10.9. The van der Waals surface area contributed by atoms with E-state index in [2.05, 4.69) is 19.6 Å². The molecular weight excluding hydrogens is 207 g/mol. The van der Waals surface area contributed by atoms with Crippen molar-refractivity contribution in [3.63, 3.8) is 0 Å². The van der Waals surface area contributed by atoms with Crippen LogP contribution in [0.4, 0.5) is 4.39 Å². The van der Waals surface area contributed by atoms with Crippen molar-refractivity contribution in [2.45, 2.75) is 32.6 Å². The Morgan fingerprint density at radius 2 is 1.93 bits per heavy atom. The fraction of sp³-hybridized carbons (Fsp3) is 0.500. The Kier molecular flexibility index (Phi) is 3.91. The van der Waals surface area contributed by atoms with E-state index >= 15 is 0 Å². The Morgan fingerprint density at radius 3 is 2.47 bits per heavy atom. The lowest BCUT2D eigenvalue weighted by atomic mass is 10.2. The first-order valence-electron chi connectivity index (χ1n) is 5.27. The van der Waals surface area contributed by atoms with Gasteiger partial charge >= 0.3 is 0 Å². The van der Waals surface area contributed by atoms with Crippen LogP contribution in [0.15, 0.2) is 18.2 Å². The van der Waals surface area contributed by atoms with Crippen molar-refractivity contribution in [1.82, 2.24) is 0 Å². The fourth-order valence-corrected chi connectivity index (χ4v) is 1.96. The van der Waals surface area contributed by atoms with Crippen LogP contribution in [0.2, 0.25) is 25.7 Å². The Labute approximate surface area is 92.3 Å². The highest BCUT2D eigenvalue weighted by Gasteiger charge is 2.12. The largest absolute Gasteiger partial charge is 0.494 e. The van der Waals surface area contributed by atoms with Gasteiger partial charge in [0.05, 0.1) is 6.61 Å². The third kappa shape index (κ3) is 4.47. The van der Waals surface area contributed by atoms with Gasteiger partial charge in [-0.15, -0.1) is 0 Å². The number of benzene rings is 1. The van der Waals surface area contributed by atoms with Crippen LogP contribution in [0, 0.1) is 12.7 Å². The van der Waals surface area contributed by atoms with Crippen molar-refractivity contribution in [3.8, 4) is 5.75 Å². The lowest BCUT2D eigenvalue weighted by Crippen LogP contribution is -2.22. The van der Waals surface area contributed by atoms with Gasteiger partial charge in [0.25, 0.3) is 0 Å². The lowest BCUT2D eigenvalue weighted by molar-refractivity contribution is 0.335. The first kappa shape index (κ1) is 12.2. The summed E-state index contributed by atoms with van der Waals surface area (Å²) in [5.74, 6) is 0.597. The number of hydrogen-bond donors (Lipinski definition) is 0. The van der Waals surface area contributed by atoms with E-state index in [1.54, 1.807) is 6.07 Å². The second kappa shape index (κ2) is 4.79. The molecule has 0 aliphatic heterocycles. The van der Waals surface area contributed by atoms with Gasteiger partial charge in [-0.2, -0.15) is 0 Å². The quantitative estimate of drug-likeness (QED) is 0.709. The van der Waals surface area contributed by atoms with E-state index in [-0.39, 0.29) is 5.82 Å². The molecule has 0 saturated heterocycles. The summed E-state index contributed by atoms with van der Waals surface area (Å²) in [6, 6.07) is 5.78. The van der Waals surface area contributed by atoms with Crippen LogP contribution in [0.1, 0.15) is 5.56 Å². The number of ether oxygens (including phenoxy) is 1. The molecule has 1 aromatic carbocycles. The summed E-state index contributed by atoms with van der Waals surface area (Å²) in [6.07, 6.45) is 0. The maximum atomic E-state index is 12.8. The topological polar surface area (TPSA) is 9.23 Å². The fourth-order valence-electron chi connectivity index (χ4n) is 1.24. The molecule has 0 aliphatic rings. The van der Waals surface area contributed by atoms with Crippen LogP contribution in [-0.2, 0) is 0 Å². The molecule has 0 heterocycles. The van der Waals surface area contributed by atoms with Crippen LogP contribution in [0.25, 0.3) is 0 Å².